The second-order valence-electron chi connectivity index (χ2n) is 4.01. The van der Waals surface area contributed by atoms with E-state index in [2.05, 4.69) is 10.3 Å². The summed E-state index contributed by atoms with van der Waals surface area (Å²) in [6.07, 6.45) is 3.47. The third-order valence-corrected chi connectivity index (χ3v) is 4.24. The van der Waals surface area contributed by atoms with Crippen molar-refractivity contribution in [2.75, 3.05) is 11.1 Å². The number of pyridine rings is 1. The zero-order valence-electron chi connectivity index (χ0n) is 9.06. The molecule has 5 heteroatoms. The zero-order valence-corrected chi connectivity index (χ0v) is 9.88. The summed E-state index contributed by atoms with van der Waals surface area (Å²) in [5.41, 5.74) is 0. The highest BCUT2D eigenvalue weighted by molar-refractivity contribution is 8.01. The van der Waals surface area contributed by atoms with Crippen LogP contribution in [0.15, 0.2) is 18.3 Å². The first-order valence-electron chi connectivity index (χ1n) is 5.21. The fraction of sp³-hybridized carbons (Fsp3) is 0.455. The number of amides is 1. The molecule has 0 aliphatic carbocycles. The number of aromatic hydroxyl groups is 1. The number of thioether (sulfide) groups is 1. The molecule has 16 heavy (non-hydrogen) atoms. The van der Waals surface area contributed by atoms with E-state index in [-0.39, 0.29) is 22.2 Å². The Balaban J connectivity index is 2.10. The van der Waals surface area contributed by atoms with Gasteiger partial charge in [-0.3, -0.25) is 4.79 Å². The molecule has 0 unspecified atom stereocenters. The number of carbonyl (C=O) groups is 1. The summed E-state index contributed by atoms with van der Waals surface area (Å²) in [4.78, 5) is 15.9. The van der Waals surface area contributed by atoms with Crippen LogP contribution in [0.3, 0.4) is 0 Å². The van der Waals surface area contributed by atoms with Crippen molar-refractivity contribution in [1.29, 1.82) is 0 Å². The average Bonchev–Trinajstić information content (AvgIpc) is 2.70. The van der Waals surface area contributed by atoms with Gasteiger partial charge in [-0.05, 0) is 37.7 Å². The number of anilines is 1. The molecule has 1 aromatic heterocycles. The smallest absolute Gasteiger partial charge is 0.241 e. The Morgan fingerprint density at radius 3 is 3.12 bits per heavy atom. The van der Waals surface area contributed by atoms with Crippen molar-refractivity contribution in [2.45, 2.75) is 24.5 Å². The molecular formula is C11H14N2O2S. The summed E-state index contributed by atoms with van der Waals surface area (Å²) < 4.78 is -0.385. The van der Waals surface area contributed by atoms with Crippen LogP contribution >= 0.6 is 11.8 Å². The first-order chi connectivity index (χ1) is 7.62. The Morgan fingerprint density at radius 2 is 2.50 bits per heavy atom. The fourth-order valence-corrected chi connectivity index (χ4v) is 2.90. The maximum atomic E-state index is 12.0. The van der Waals surface area contributed by atoms with E-state index < -0.39 is 0 Å². The van der Waals surface area contributed by atoms with Gasteiger partial charge in [-0.2, -0.15) is 0 Å². The molecule has 2 N–H and O–H groups in total. The summed E-state index contributed by atoms with van der Waals surface area (Å²) in [7, 11) is 0. The number of carbonyl (C=O) groups excluding carboxylic acids is 1. The van der Waals surface area contributed by atoms with Crippen LogP contribution in [0.25, 0.3) is 0 Å². The summed E-state index contributed by atoms with van der Waals surface area (Å²) in [6.45, 7) is 1.93. The van der Waals surface area contributed by atoms with Crippen LogP contribution in [0, 0.1) is 0 Å². The lowest BCUT2D eigenvalue weighted by Gasteiger charge is -2.21. The quantitative estimate of drug-likeness (QED) is 0.827. The first kappa shape index (κ1) is 11.3. The molecule has 0 radical (unpaired) electrons. The lowest BCUT2D eigenvalue weighted by molar-refractivity contribution is -0.118. The Labute approximate surface area is 98.5 Å². The van der Waals surface area contributed by atoms with Gasteiger partial charge in [0, 0.05) is 6.20 Å². The van der Waals surface area contributed by atoms with Crippen molar-refractivity contribution < 1.29 is 9.90 Å². The van der Waals surface area contributed by atoms with E-state index in [0.717, 1.165) is 18.6 Å². The molecule has 0 spiro atoms. The molecule has 0 aromatic carbocycles. The van der Waals surface area contributed by atoms with Crippen molar-refractivity contribution in [3.05, 3.63) is 18.3 Å². The van der Waals surface area contributed by atoms with Crippen molar-refractivity contribution in [3.8, 4) is 5.75 Å². The van der Waals surface area contributed by atoms with Gasteiger partial charge >= 0.3 is 0 Å². The molecule has 1 aliphatic heterocycles. The number of rotatable bonds is 2. The van der Waals surface area contributed by atoms with Gasteiger partial charge in [0.2, 0.25) is 5.91 Å². The molecule has 2 heterocycles. The summed E-state index contributed by atoms with van der Waals surface area (Å²) in [5, 5.41) is 12.2. The van der Waals surface area contributed by atoms with Gasteiger partial charge in [-0.15, -0.1) is 11.8 Å². The lowest BCUT2D eigenvalue weighted by atomic mass is 10.1. The Morgan fingerprint density at radius 1 is 1.69 bits per heavy atom. The minimum absolute atomic E-state index is 0.00227. The van der Waals surface area contributed by atoms with Gasteiger partial charge in [0.25, 0.3) is 0 Å². The fourth-order valence-electron chi connectivity index (χ4n) is 1.69. The van der Waals surface area contributed by atoms with E-state index in [9.17, 15) is 9.90 Å². The summed E-state index contributed by atoms with van der Waals surface area (Å²) in [5.74, 6) is 1.17. The number of nitrogens with zero attached hydrogens (tertiary/aromatic N) is 1. The Kier molecular flexibility index (Phi) is 3.05. The van der Waals surface area contributed by atoms with Crippen molar-refractivity contribution in [3.63, 3.8) is 0 Å². The second kappa shape index (κ2) is 4.33. The van der Waals surface area contributed by atoms with Crippen LogP contribution in [0.5, 0.6) is 5.75 Å². The minimum atomic E-state index is -0.385. The number of hydrogen-bond donors (Lipinski definition) is 2. The van der Waals surface area contributed by atoms with E-state index in [4.69, 9.17) is 0 Å². The molecule has 1 aromatic rings. The molecule has 2 rings (SSSR count). The molecule has 4 nitrogen and oxygen atoms in total. The maximum absolute atomic E-state index is 12.0. The predicted molar refractivity (Wildman–Crippen MR) is 64.6 cm³/mol. The molecule has 1 atom stereocenters. The van der Waals surface area contributed by atoms with Crippen LogP contribution in [0.1, 0.15) is 19.8 Å². The summed E-state index contributed by atoms with van der Waals surface area (Å²) in [6, 6.07) is 3.13. The standard InChI is InChI=1S/C11H14N2O2S/c1-11(5-3-7-16-11)10(15)13-9-8(14)4-2-6-12-9/h2,4,6,14H,3,5,7H2,1H3,(H,12,13,15)/t11-/m0/s1. The van der Waals surface area contributed by atoms with Gasteiger partial charge in [0.05, 0.1) is 4.75 Å². The third-order valence-electron chi connectivity index (χ3n) is 2.72. The van der Waals surface area contributed by atoms with Gasteiger partial charge in [0.15, 0.2) is 11.6 Å². The van der Waals surface area contributed by atoms with Crippen LogP contribution in [-0.4, -0.2) is 26.5 Å². The molecule has 1 aliphatic rings. The highest BCUT2D eigenvalue weighted by Crippen LogP contribution is 2.38. The van der Waals surface area contributed by atoms with E-state index >= 15 is 0 Å². The third kappa shape index (κ3) is 2.14. The van der Waals surface area contributed by atoms with Gasteiger partial charge < -0.3 is 10.4 Å². The van der Waals surface area contributed by atoms with Crippen LogP contribution in [0.4, 0.5) is 5.82 Å². The molecule has 0 bridgehead atoms. The highest BCUT2D eigenvalue weighted by atomic mass is 32.2. The molecule has 1 saturated heterocycles. The minimum Gasteiger partial charge on any atom is -0.504 e. The second-order valence-corrected chi connectivity index (χ2v) is 5.61. The van der Waals surface area contributed by atoms with E-state index in [1.165, 1.54) is 6.07 Å². The number of aromatic nitrogens is 1. The van der Waals surface area contributed by atoms with Crippen LogP contribution < -0.4 is 5.32 Å². The van der Waals surface area contributed by atoms with Crippen molar-refractivity contribution in [1.82, 2.24) is 4.98 Å². The maximum Gasteiger partial charge on any atom is 0.241 e. The van der Waals surface area contributed by atoms with Crippen molar-refractivity contribution in [2.24, 2.45) is 0 Å². The molecule has 86 valence electrons. The van der Waals surface area contributed by atoms with Crippen LogP contribution in [-0.2, 0) is 4.79 Å². The number of hydrogen-bond acceptors (Lipinski definition) is 4. The molecule has 0 saturated carbocycles. The van der Waals surface area contributed by atoms with E-state index in [0.29, 0.717) is 0 Å². The molecule has 1 fully saturated rings. The zero-order chi connectivity index (χ0) is 11.6. The first-order valence-corrected chi connectivity index (χ1v) is 6.20. The molecule has 1 amide bonds. The molecular weight excluding hydrogens is 224 g/mol. The Bertz CT molecular complexity index is 403. The largest absolute Gasteiger partial charge is 0.504 e. The Hall–Kier alpha value is -1.23. The van der Waals surface area contributed by atoms with E-state index in [1.54, 1.807) is 24.0 Å². The topological polar surface area (TPSA) is 62.2 Å². The lowest BCUT2D eigenvalue weighted by Crippen LogP contribution is -2.34. The normalized spacial score (nSPS) is 24.3. The average molecular weight is 238 g/mol. The summed E-state index contributed by atoms with van der Waals surface area (Å²) >= 11 is 1.66. The van der Waals surface area contributed by atoms with Crippen LogP contribution in [0.2, 0.25) is 0 Å². The highest BCUT2D eigenvalue weighted by Gasteiger charge is 2.37. The van der Waals surface area contributed by atoms with Gasteiger partial charge in [-0.1, -0.05) is 0 Å². The SMILES string of the molecule is C[C@@]1(C(=O)Nc2ncccc2O)CCCS1. The van der Waals surface area contributed by atoms with Gasteiger partial charge in [0.1, 0.15) is 0 Å². The monoisotopic (exact) mass is 238 g/mol. The predicted octanol–water partition coefficient (Wildman–Crippen LogP) is 2.01. The number of nitrogens with one attached hydrogen (secondary N) is 1. The van der Waals surface area contributed by atoms with E-state index in [1.807, 2.05) is 6.92 Å². The van der Waals surface area contributed by atoms with Crippen molar-refractivity contribution >= 4 is 23.5 Å². The van der Waals surface area contributed by atoms with Gasteiger partial charge in [-0.25, -0.2) is 4.98 Å².